The molecular weight excluding hydrogens is 422 g/mol. The van der Waals surface area contributed by atoms with Gasteiger partial charge in [0, 0.05) is 16.4 Å². The maximum absolute atomic E-state index is 13.6. The zero-order valence-corrected chi connectivity index (χ0v) is 19.7. The second kappa shape index (κ2) is 6.47. The topological polar surface area (TPSA) is 81.1 Å². The number of carbonyl (C=O) groups excluding carboxylic acids is 1. The van der Waals surface area contributed by atoms with E-state index in [-0.39, 0.29) is 33.7 Å². The molecule has 5 aliphatic rings. The van der Waals surface area contributed by atoms with E-state index in [2.05, 4.69) is 26.1 Å². The molecule has 6 rings (SSSR count). The number of sulfone groups is 1. The summed E-state index contributed by atoms with van der Waals surface area (Å²) in [6.45, 7) is 6.23. The molecule has 1 saturated heterocycles. The van der Waals surface area contributed by atoms with Crippen molar-refractivity contribution >= 4 is 33.2 Å². The summed E-state index contributed by atoms with van der Waals surface area (Å²) in [5.74, 6) is 2.03. The number of nitrogens with zero attached hydrogens (tertiary/aromatic N) is 2. The highest BCUT2D eigenvalue weighted by Gasteiger charge is 2.60. The molecule has 4 bridgehead atoms. The summed E-state index contributed by atoms with van der Waals surface area (Å²) in [5.41, 5.74) is 0.273. The van der Waals surface area contributed by atoms with Crippen molar-refractivity contribution < 1.29 is 13.2 Å². The molecule has 1 aromatic rings. The van der Waals surface area contributed by atoms with Gasteiger partial charge in [-0.15, -0.1) is 11.6 Å². The molecule has 3 atom stereocenters. The van der Waals surface area contributed by atoms with Crippen molar-refractivity contribution in [1.29, 1.82) is 0 Å². The molecule has 1 N–H and O–H groups in total. The first-order valence-electron chi connectivity index (χ1n) is 11.2. The quantitative estimate of drug-likeness (QED) is 0.700. The predicted molar refractivity (Wildman–Crippen MR) is 118 cm³/mol. The van der Waals surface area contributed by atoms with Crippen LogP contribution in [0.4, 0.5) is 5.82 Å². The lowest BCUT2D eigenvalue weighted by Gasteiger charge is -2.59. The standard InChI is InChI=1S/C22H32ClN3O3S/c1-20(2,3)17-7-18(26(25-17)16-4-5-30(28,29)12-16)24-19(27)21-8-14-6-15(9-21)11-22(23,10-14)13-21/h7,14-16H,4-6,8-13H2,1-3H3,(H,24,27). The number of rotatable bonds is 3. The number of nitrogens with one attached hydrogen (secondary N) is 1. The second-order valence-electron chi connectivity index (χ2n) is 11.5. The van der Waals surface area contributed by atoms with Gasteiger partial charge in [0.05, 0.1) is 28.7 Å². The van der Waals surface area contributed by atoms with Crippen LogP contribution in [0, 0.1) is 17.3 Å². The molecule has 1 aliphatic heterocycles. The molecule has 2 heterocycles. The SMILES string of the molecule is CC(C)(C)c1cc(NC(=O)C23CC4CC(CC(Cl)(C4)C2)C3)n(C2CCS(=O)(=O)C2)n1. The molecule has 166 valence electrons. The molecule has 8 heteroatoms. The van der Waals surface area contributed by atoms with Crippen molar-refractivity contribution in [2.45, 2.75) is 82.0 Å². The van der Waals surface area contributed by atoms with Crippen LogP contribution in [-0.2, 0) is 20.0 Å². The average Bonchev–Trinajstić information content (AvgIpc) is 3.15. The van der Waals surface area contributed by atoms with E-state index >= 15 is 0 Å². The number of hydrogen-bond acceptors (Lipinski definition) is 4. The van der Waals surface area contributed by atoms with Crippen LogP contribution in [-0.4, -0.2) is 40.5 Å². The van der Waals surface area contributed by atoms with E-state index in [1.807, 2.05) is 6.07 Å². The van der Waals surface area contributed by atoms with E-state index in [1.165, 1.54) is 6.42 Å². The summed E-state index contributed by atoms with van der Waals surface area (Å²) < 4.78 is 25.9. The number of halogens is 1. The molecule has 3 unspecified atom stereocenters. The van der Waals surface area contributed by atoms with Crippen molar-refractivity contribution in [1.82, 2.24) is 9.78 Å². The highest BCUT2D eigenvalue weighted by atomic mass is 35.5. The summed E-state index contributed by atoms with van der Waals surface area (Å²) in [6, 6.07) is 1.71. The van der Waals surface area contributed by atoms with Crippen molar-refractivity contribution in [2.75, 3.05) is 16.8 Å². The lowest BCUT2D eigenvalue weighted by atomic mass is 9.49. The first-order valence-corrected chi connectivity index (χ1v) is 13.4. The largest absolute Gasteiger partial charge is 0.310 e. The molecule has 4 saturated carbocycles. The number of aromatic nitrogens is 2. The Morgan fingerprint density at radius 1 is 1.23 bits per heavy atom. The molecule has 30 heavy (non-hydrogen) atoms. The third kappa shape index (κ3) is 3.50. The van der Waals surface area contributed by atoms with Gasteiger partial charge in [0.15, 0.2) is 9.84 Å². The zero-order chi connectivity index (χ0) is 21.5. The molecule has 5 fully saturated rings. The van der Waals surface area contributed by atoms with Crippen LogP contribution in [0.5, 0.6) is 0 Å². The van der Waals surface area contributed by atoms with E-state index in [0.29, 0.717) is 24.1 Å². The van der Waals surface area contributed by atoms with E-state index in [1.54, 1.807) is 4.68 Å². The van der Waals surface area contributed by atoms with Gasteiger partial charge in [0.1, 0.15) is 5.82 Å². The lowest BCUT2D eigenvalue weighted by molar-refractivity contribution is -0.138. The minimum Gasteiger partial charge on any atom is -0.310 e. The lowest BCUT2D eigenvalue weighted by Crippen LogP contribution is -2.57. The maximum atomic E-state index is 13.6. The Morgan fingerprint density at radius 2 is 1.90 bits per heavy atom. The first-order chi connectivity index (χ1) is 13.9. The number of hydrogen-bond donors (Lipinski definition) is 1. The third-order valence-corrected chi connectivity index (χ3v) is 9.96. The normalized spacial score (nSPS) is 39.4. The van der Waals surface area contributed by atoms with Gasteiger partial charge in [-0.25, -0.2) is 13.1 Å². The van der Waals surface area contributed by atoms with Gasteiger partial charge in [-0.3, -0.25) is 4.79 Å². The van der Waals surface area contributed by atoms with Gasteiger partial charge in [0.2, 0.25) is 5.91 Å². The fourth-order valence-electron chi connectivity index (χ4n) is 6.77. The minimum atomic E-state index is -3.05. The van der Waals surface area contributed by atoms with Crippen LogP contribution in [0.3, 0.4) is 0 Å². The summed E-state index contributed by atoms with van der Waals surface area (Å²) in [7, 11) is -3.05. The highest BCUT2D eigenvalue weighted by molar-refractivity contribution is 7.91. The smallest absolute Gasteiger partial charge is 0.231 e. The van der Waals surface area contributed by atoms with E-state index in [4.69, 9.17) is 16.7 Å². The second-order valence-corrected chi connectivity index (χ2v) is 14.5. The molecule has 1 amide bonds. The summed E-state index contributed by atoms with van der Waals surface area (Å²) in [4.78, 5) is 13.4. The molecule has 1 aromatic heterocycles. The predicted octanol–water partition coefficient (Wildman–Crippen LogP) is 4.06. The van der Waals surface area contributed by atoms with Crippen LogP contribution in [0.25, 0.3) is 0 Å². The maximum Gasteiger partial charge on any atom is 0.231 e. The van der Waals surface area contributed by atoms with Gasteiger partial charge in [-0.2, -0.15) is 5.10 Å². The van der Waals surface area contributed by atoms with Crippen molar-refractivity contribution in [3.63, 3.8) is 0 Å². The van der Waals surface area contributed by atoms with Crippen LogP contribution in [0.1, 0.15) is 77.5 Å². The molecule has 0 spiro atoms. The Balaban J connectivity index is 1.46. The Kier molecular flexibility index (Phi) is 4.49. The Morgan fingerprint density at radius 3 is 2.43 bits per heavy atom. The van der Waals surface area contributed by atoms with Crippen LogP contribution in [0.15, 0.2) is 6.07 Å². The number of anilines is 1. The zero-order valence-electron chi connectivity index (χ0n) is 18.1. The van der Waals surface area contributed by atoms with Gasteiger partial charge >= 0.3 is 0 Å². The highest BCUT2D eigenvalue weighted by Crippen LogP contribution is 2.64. The molecule has 4 aliphatic carbocycles. The monoisotopic (exact) mass is 453 g/mol. The Hall–Kier alpha value is -1.08. The number of amides is 1. The Bertz CT molecular complexity index is 980. The summed E-state index contributed by atoms with van der Waals surface area (Å²) in [5, 5.41) is 7.94. The third-order valence-electron chi connectivity index (χ3n) is 7.77. The minimum absolute atomic E-state index is 0.0455. The van der Waals surface area contributed by atoms with E-state index in [0.717, 1.165) is 37.8 Å². The number of carbonyl (C=O) groups is 1. The fraction of sp³-hybridized carbons (Fsp3) is 0.818. The molecule has 0 aromatic carbocycles. The Labute approximate surface area is 184 Å². The molecule has 0 radical (unpaired) electrons. The van der Waals surface area contributed by atoms with Crippen molar-refractivity contribution in [3.8, 4) is 0 Å². The van der Waals surface area contributed by atoms with Crippen LogP contribution >= 0.6 is 11.6 Å². The van der Waals surface area contributed by atoms with Gasteiger partial charge in [0.25, 0.3) is 0 Å². The van der Waals surface area contributed by atoms with Gasteiger partial charge in [-0.05, 0) is 56.8 Å². The van der Waals surface area contributed by atoms with Crippen molar-refractivity contribution in [3.05, 3.63) is 11.8 Å². The fourth-order valence-corrected chi connectivity index (χ4v) is 9.15. The molecular formula is C22H32ClN3O3S. The summed E-state index contributed by atoms with van der Waals surface area (Å²) in [6.07, 6.45) is 6.40. The van der Waals surface area contributed by atoms with Gasteiger partial charge < -0.3 is 5.32 Å². The van der Waals surface area contributed by atoms with E-state index in [9.17, 15) is 13.2 Å². The molecule has 6 nitrogen and oxygen atoms in total. The van der Waals surface area contributed by atoms with Crippen molar-refractivity contribution in [2.24, 2.45) is 17.3 Å². The summed E-state index contributed by atoms with van der Waals surface area (Å²) >= 11 is 6.93. The number of alkyl halides is 1. The average molecular weight is 454 g/mol. The first kappa shape index (κ1) is 20.8. The van der Waals surface area contributed by atoms with Crippen LogP contribution in [0.2, 0.25) is 0 Å². The van der Waals surface area contributed by atoms with Crippen LogP contribution < -0.4 is 5.32 Å². The van der Waals surface area contributed by atoms with Gasteiger partial charge in [-0.1, -0.05) is 20.8 Å². The van der Waals surface area contributed by atoms with E-state index < -0.39 is 15.3 Å².